The van der Waals surface area contributed by atoms with Crippen molar-refractivity contribution in [3.63, 3.8) is 0 Å². The largest absolute Gasteiger partial charge is 0.389 e. The molecule has 0 aliphatic carbocycles. The highest BCUT2D eigenvalue weighted by Gasteiger charge is 2.15. The molecule has 0 aromatic heterocycles. The molecule has 2 N–H and O–H groups in total. The fourth-order valence-electron chi connectivity index (χ4n) is 1.79. The summed E-state index contributed by atoms with van der Waals surface area (Å²) in [5.74, 6) is -0.916. The van der Waals surface area contributed by atoms with E-state index in [1.807, 2.05) is 6.92 Å². The smallest absolute Gasteiger partial charge is 0.128 e. The number of ether oxygens (including phenoxy) is 1. The van der Waals surface area contributed by atoms with Crippen LogP contribution in [0.15, 0.2) is 18.2 Å². The normalized spacial score (nSPS) is 14.5. The van der Waals surface area contributed by atoms with Gasteiger partial charge in [0.1, 0.15) is 11.6 Å². The lowest BCUT2D eigenvalue weighted by Gasteiger charge is -2.20. The SMILES string of the molecule is CCC(NCC(O)COC)c1cc(F)ccc1F. The molecule has 0 bridgehead atoms. The van der Waals surface area contributed by atoms with Gasteiger partial charge in [0, 0.05) is 25.3 Å². The first-order chi connectivity index (χ1) is 8.58. The molecule has 102 valence electrons. The lowest BCUT2D eigenvalue weighted by molar-refractivity contribution is 0.0625. The summed E-state index contributed by atoms with van der Waals surface area (Å²) in [4.78, 5) is 0. The van der Waals surface area contributed by atoms with E-state index in [0.717, 1.165) is 12.1 Å². The summed E-state index contributed by atoms with van der Waals surface area (Å²) in [7, 11) is 1.49. The molecule has 0 saturated heterocycles. The molecule has 2 atom stereocenters. The van der Waals surface area contributed by atoms with E-state index in [2.05, 4.69) is 5.32 Å². The summed E-state index contributed by atoms with van der Waals surface area (Å²) in [5, 5.41) is 12.5. The number of nitrogens with one attached hydrogen (secondary N) is 1. The minimum absolute atomic E-state index is 0.203. The fraction of sp³-hybridized carbons (Fsp3) is 0.538. The molecule has 0 amide bonds. The molecule has 0 saturated carbocycles. The topological polar surface area (TPSA) is 41.5 Å². The number of aliphatic hydroxyl groups excluding tert-OH is 1. The van der Waals surface area contributed by atoms with Crippen molar-refractivity contribution in [1.82, 2.24) is 5.32 Å². The fourth-order valence-corrected chi connectivity index (χ4v) is 1.79. The molecule has 0 radical (unpaired) electrons. The molecule has 0 aliphatic heterocycles. The highest BCUT2D eigenvalue weighted by atomic mass is 19.1. The predicted molar refractivity (Wildman–Crippen MR) is 65.3 cm³/mol. The van der Waals surface area contributed by atoms with Gasteiger partial charge in [-0.1, -0.05) is 6.92 Å². The van der Waals surface area contributed by atoms with Gasteiger partial charge < -0.3 is 15.2 Å². The van der Waals surface area contributed by atoms with Gasteiger partial charge in [-0.15, -0.1) is 0 Å². The molecule has 3 nitrogen and oxygen atoms in total. The molecule has 0 spiro atoms. The van der Waals surface area contributed by atoms with Crippen LogP contribution >= 0.6 is 0 Å². The van der Waals surface area contributed by atoms with Gasteiger partial charge in [0.05, 0.1) is 12.7 Å². The molecule has 0 fully saturated rings. The Labute approximate surface area is 106 Å². The first-order valence-electron chi connectivity index (χ1n) is 5.93. The van der Waals surface area contributed by atoms with E-state index >= 15 is 0 Å². The zero-order valence-corrected chi connectivity index (χ0v) is 10.6. The summed E-state index contributed by atoms with van der Waals surface area (Å²) < 4.78 is 31.5. The van der Waals surface area contributed by atoms with Crippen LogP contribution in [-0.4, -0.2) is 31.5 Å². The molecule has 18 heavy (non-hydrogen) atoms. The van der Waals surface area contributed by atoms with Crippen LogP contribution in [0.5, 0.6) is 0 Å². The summed E-state index contributed by atoms with van der Waals surface area (Å²) in [6, 6.07) is 3.05. The summed E-state index contributed by atoms with van der Waals surface area (Å²) in [5.41, 5.74) is 0.280. The Kier molecular flexibility index (Phi) is 6.18. The van der Waals surface area contributed by atoms with Crippen LogP contribution in [0.1, 0.15) is 24.9 Å². The molecule has 2 unspecified atom stereocenters. The third-order valence-corrected chi connectivity index (χ3v) is 2.70. The van der Waals surface area contributed by atoms with E-state index in [-0.39, 0.29) is 24.8 Å². The molecule has 0 heterocycles. The third kappa shape index (κ3) is 4.33. The van der Waals surface area contributed by atoms with Gasteiger partial charge in [0.2, 0.25) is 0 Å². The first kappa shape index (κ1) is 15.0. The lowest BCUT2D eigenvalue weighted by Crippen LogP contribution is -2.33. The number of aliphatic hydroxyl groups is 1. The van der Waals surface area contributed by atoms with Crippen LogP contribution in [0.25, 0.3) is 0 Å². The van der Waals surface area contributed by atoms with Gasteiger partial charge in [0.25, 0.3) is 0 Å². The van der Waals surface area contributed by atoms with Gasteiger partial charge in [-0.3, -0.25) is 0 Å². The molecule has 5 heteroatoms. The van der Waals surface area contributed by atoms with Crippen LogP contribution in [0.3, 0.4) is 0 Å². The standard InChI is InChI=1S/C13H19F2NO2/c1-3-13(16-7-10(17)8-18-2)11-6-9(14)4-5-12(11)15/h4-6,10,13,16-17H,3,7-8H2,1-2H3. The van der Waals surface area contributed by atoms with Crippen molar-refractivity contribution in [3.8, 4) is 0 Å². The van der Waals surface area contributed by atoms with Gasteiger partial charge in [0.15, 0.2) is 0 Å². The Hall–Kier alpha value is -1.04. The van der Waals surface area contributed by atoms with E-state index in [9.17, 15) is 13.9 Å². The van der Waals surface area contributed by atoms with Crippen LogP contribution in [0.4, 0.5) is 8.78 Å². The number of hydrogen-bond acceptors (Lipinski definition) is 3. The van der Waals surface area contributed by atoms with E-state index in [1.165, 1.54) is 13.2 Å². The van der Waals surface area contributed by atoms with Crippen LogP contribution in [0.2, 0.25) is 0 Å². The number of methoxy groups -OCH3 is 1. The molecule has 1 aromatic carbocycles. The maximum Gasteiger partial charge on any atom is 0.128 e. The van der Waals surface area contributed by atoms with Gasteiger partial charge in [-0.2, -0.15) is 0 Å². The third-order valence-electron chi connectivity index (χ3n) is 2.70. The second-order valence-electron chi connectivity index (χ2n) is 4.14. The van der Waals surface area contributed by atoms with E-state index in [0.29, 0.717) is 6.42 Å². The average molecular weight is 259 g/mol. The second-order valence-corrected chi connectivity index (χ2v) is 4.14. The van der Waals surface area contributed by atoms with Gasteiger partial charge in [-0.05, 0) is 24.6 Å². The van der Waals surface area contributed by atoms with Crippen molar-refractivity contribution in [2.45, 2.75) is 25.5 Å². The number of benzene rings is 1. The van der Waals surface area contributed by atoms with E-state index in [1.54, 1.807) is 0 Å². The lowest BCUT2D eigenvalue weighted by atomic mass is 10.0. The Bertz CT molecular complexity index is 374. The minimum atomic E-state index is -0.666. The monoisotopic (exact) mass is 259 g/mol. The van der Waals surface area contributed by atoms with E-state index in [4.69, 9.17) is 4.74 Å². The van der Waals surface area contributed by atoms with Gasteiger partial charge >= 0.3 is 0 Å². The zero-order chi connectivity index (χ0) is 13.5. The summed E-state index contributed by atoms with van der Waals surface area (Å²) >= 11 is 0. The quantitative estimate of drug-likeness (QED) is 0.787. The molecule has 0 aliphatic rings. The number of hydrogen-bond donors (Lipinski definition) is 2. The predicted octanol–water partition coefficient (Wildman–Crippen LogP) is 2.01. The molecule has 1 rings (SSSR count). The van der Waals surface area contributed by atoms with Crippen molar-refractivity contribution < 1.29 is 18.6 Å². The van der Waals surface area contributed by atoms with E-state index < -0.39 is 17.7 Å². The molecular weight excluding hydrogens is 240 g/mol. The first-order valence-corrected chi connectivity index (χ1v) is 5.93. The van der Waals surface area contributed by atoms with Crippen molar-refractivity contribution in [1.29, 1.82) is 0 Å². The average Bonchev–Trinajstić information content (AvgIpc) is 2.34. The number of halogens is 2. The maximum atomic E-state index is 13.6. The Morgan fingerprint density at radius 1 is 1.39 bits per heavy atom. The minimum Gasteiger partial charge on any atom is -0.389 e. The van der Waals surface area contributed by atoms with Crippen molar-refractivity contribution in [2.75, 3.05) is 20.3 Å². The Morgan fingerprint density at radius 3 is 2.72 bits per heavy atom. The summed E-state index contributed by atoms with van der Waals surface area (Å²) in [6.45, 7) is 2.34. The van der Waals surface area contributed by atoms with Crippen LogP contribution in [-0.2, 0) is 4.74 Å². The Morgan fingerprint density at radius 2 is 2.11 bits per heavy atom. The molecular formula is C13H19F2NO2. The van der Waals surface area contributed by atoms with Crippen molar-refractivity contribution >= 4 is 0 Å². The van der Waals surface area contributed by atoms with Crippen LogP contribution < -0.4 is 5.32 Å². The highest BCUT2D eigenvalue weighted by molar-refractivity contribution is 5.22. The maximum absolute atomic E-state index is 13.6. The second kappa shape index (κ2) is 7.41. The summed E-state index contributed by atoms with van der Waals surface area (Å²) in [6.07, 6.45) is -0.0687. The Balaban J connectivity index is 2.68. The number of rotatable bonds is 7. The van der Waals surface area contributed by atoms with Gasteiger partial charge in [-0.25, -0.2) is 8.78 Å². The van der Waals surface area contributed by atoms with Crippen molar-refractivity contribution in [3.05, 3.63) is 35.4 Å². The van der Waals surface area contributed by atoms with Crippen molar-refractivity contribution in [2.24, 2.45) is 0 Å². The van der Waals surface area contributed by atoms with Crippen LogP contribution in [0, 0.1) is 11.6 Å². The highest BCUT2D eigenvalue weighted by Crippen LogP contribution is 2.21. The molecule has 1 aromatic rings. The zero-order valence-electron chi connectivity index (χ0n) is 10.6.